The van der Waals surface area contributed by atoms with E-state index in [4.69, 9.17) is 14.3 Å². The summed E-state index contributed by atoms with van der Waals surface area (Å²) >= 11 is 1.63. The second-order valence-electron chi connectivity index (χ2n) is 6.99. The Morgan fingerprint density at radius 3 is 2.59 bits per heavy atom. The summed E-state index contributed by atoms with van der Waals surface area (Å²) in [6.07, 6.45) is 2.01. The average Bonchev–Trinajstić information content (AvgIpc) is 3.25. The van der Waals surface area contributed by atoms with Gasteiger partial charge in [0, 0.05) is 43.7 Å². The smallest absolute Gasteiger partial charge is 0.574 e. The number of hydrogen-bond acceptors (Lipinski definition) is 5. The molecule has 0 atom stereocenters. The van der Waals surface area contributed by atoms with E-state index >= 15 is 0 Å². The van der Waals surface area contributed by atoms with Gasteiger partial charge in [-0.2, -0.15) is 0 Å². The number of benzene rings is 2. The van der Waals surface area contributed by atoms with Gasteiger partial charge in [-0.3, -0.25) is 9.97 Å². The van der Waals surface area contributed by atoms with Crippen molar-refractivity contribution in [3.05, 3.63) is 103 Å². The Morgan fingerprint density at radius 2 is 1.62 bits per heavy atom. The third-order valence-corrected chi connectivity index (χ3v) is 5.98. The van der Waals surface area contributed by atoms with Crippen LogP contribution >= 0.6 is 11.3 Å². The quantitative estimate of drug-likeness (QED) is 0.172. The van der Waals surface area contributed by atoms with Gasteiger partial charge in [-0.25, -0.2) is 11.3 Å². The van der Waals surface area contributed by atoms with Crippen molar-refractivity contribution >= 4 is 29.1 Å². The zero-order valence-corrected chi connectivity index (χ0v) is 19.7. The monoisotopic (exact) mass is 609 g/mol. The molecule has 0 aliphatic carbocycles. The molecule has 4 heterocycles. The summed E-state index contributed by atoms with van der Waals surface area (Å²) in [4.78, 5) is 10.4. The van der Waals surface area contributed by atoms with Gasteiger partial charge in [0.1, 0.15) is 0 Å². The molecule has 0 fully saturated rings. The molecule has 4 nitrogen and oxygen atoms in total. The molecule has 0 saturated heterocycles. The molecule has 3 radical (unpaired) electrons. The van der Waals surface area contributed by atoms with Crippen LogP contribution < -0.4 is 9.31 Å². The molecule has 2 aromatic carbocycles. The Morgan fingerprint density at radius 1 is 0.781 bits per heavy atom. The van der Waals surface area contributed by atoms with Gasteiger partial charge < -0.3 is 9.31 Å². The van der Waals surface area contributed by atoms with Crippen molar-refractivity contribution in [1.29, 1.82) is 0 Å². The summed E-state index contributed by atoms with van der Waals surface area (Å²) in [5.41, 5.74) is 4.30. The van der Waals surface area contributed by atoms with E-state index in [1.165, 1.54) is 7.69 Å². The maximum Gasteiger partial charge on any atom is 0.648 e. The summed E-state index contributed by atoms with van der Waals surface area (Å²) in [5.74, 6) is 1.11. The van der Waals surface area contributed by atoms with Crippen molar-refractivity contribution in [2.45, 2.75) is 0 Å². The normalized spacial score (nSPS) is 12.1. The van der Waals surface area contributed by atoms with Crippen molar-refractivity contribution in [2.75, 3.05) is 0 Å². The third kappa shape index (κ3) is 4.07. The zero-order chi connectivity index (χ0) is 20.6. The maximum absolute atomic E-state index is 5.81. The number of aromatic nitrogens is 2. The first kappa shape index (κ1) is 20.9. The number of nitrogens with zero attached hydrogens (tertiary/aromatic N) is 2. The van der Waals surface area contributed by atoms with Gasteiger partial charge in [0.05, 0.1) is 0 Å². The van der Waals surface area contributed by atoms with Gasteiger partial charge in [-0.05, 0) is 27.4 Å². The van der Waals surface area contributed by atoms with Gasteiger partial charge in [-0.1, -0.05) is 47.9 Å². The number of thiophene rings is 1. The average molecular weight is 608 g/mol. The summed E-state index contributed by atoms with van der Waals surface area (Å²) in [7, 11) is 1.30. The second kappa shape index (κ2) is 8.87. The van der Waals surface area contributed by atoms with Crippen LogP contribution in [-0.2, 0) is 20.1 Å². The van der Waals surface area contributed by atoms with Crippen LogP contribution in [0.15, 0.2) is 72.8 Å². The van der Waals surface area contributed by atoms with Gasteiger partial charge in [-0.15, -0.1) is 41.5 Å². The van der Waals surface area contributed by atoms with Crippen LogP contribution in [0.25, 0.3) is 31.9 Å². The van der Waals surface area contributed by atoms with E-state index < -0.39 is 0 Å². The number of rotatable bonds is 0. The molecule has 0 N–H and O–H groups in total. The Balaban J connectivity index is 0.00000216. The molecule has 1 aliphatic rings. The number of pyridine rings is 2. The van der Waals surface area contributed by atoms with Gasteiger partial charge in [0.2, 0.25) is 0 Å². The van der Waals surface area contributed by atoms with E-state index in [9.17, 15) is 0 Å². The first-order valence-electron chi connectivity index (χ1n) is 9.74. The minimum atomic E-state index is 0. The Bertz CT molecular complexity index is 1420. The maximum atomic E-state index is 5.81. The fourth-order valence-electron chi connectivity index (χ4n) is 3.48. The largest absolute Gasteiger partial charge is 0.648 e. The zero-order valence-electron chi connectivity index (χ0n) is 16.5. The summed E-state index contributed by atoms with van der Waals surface area (Å²) in [5, 5.41) is 0.893. The summed E-state index contributed by atoms with van der Waals surface area (Å²) < 4.78 is 12.5. The summed E-state index contributed by atoms with van der Waals surface area (Å²) in [6, 6.07) is 30.3. The van der Waals surface area contributed by atoms with Crippen molar-refractivity contribution in [1.82, 2.24) is 9.97 Å². The van der Waals surface area contributed by atoms with Crippen LogP contribution in [0.2, 0.25) is 0 Å². The molecular formula is C25H13BIrN2O2S-2. The minimum Gasteiger partial charge on any atom is -0.574 e. The van der Waals surface area contributed by atoms with Crippen molar-refractivity contribution in [3.63, 3.8) is 0 Å². The third-order valence-electron chi connectivity index (χ3n) is 4.91. The molecule has 8 bridgehead atoms. The predicted molar refractivity (Wildman–Crippen MR) is 122 cm³/mol. The minimum absolute atomic E-state index is 0. The Hall–Kier alpha value is -2.99. The molecule has 0 unspecified atom stereocenters. The van der Waals surface area contributed by atoms with E-state index in [-0.39, 0.29) is 20.1 Å². The molecule has 7 heteroatoms. The van der Waals surface area contributed by atoms with Crippen LogP contribution in [0.1, 0.15) is 11.3 Å². The van der Waals surface area contributed by atoms with Crippen LogP contribution in [0, 0.1) is 18.6 Å². The Labute approximate surface area is 203 Å². The number of hydrogen-bond donors (Lipinski definition) is 0. The van der Waals surface area contributed by atoms with Crippen molar-refractivity contribution < 1.29 is 29.4 Å². The first-order chi connectivity index (χ1) is 15.3. The Kier molecular flexibility index (Phi) is 5.79. The molecule has 3 aromatic heterocycles. The predicted octanol–water partition coefficient (Wildman–Crippen LogP) is 5.53. The second-order valence-corrected chi connectivity index (χ2v) is 8.04. The molecule has 6 rings (SSSR count). The molecule has 1 aliphatic heterocycles. The first-order valence-corrected chi connectivity index (χ1v) is 10.6. The number of fused-ring (bicyclic) bond motifs is 9. The van der Waals surface area contributed by atoms with Gasteiger partial charge >= 0.3 is 7.69 Å². The van der Waals surface area contributed by atoms with E-state index in [0.717, 1.165) is 43.2 Å². The SMILES string of the molecule is [B]1Oc2cccc(n2)-c2[c-]c(ccc2)[CH]c2cccc(n2)-c2[c-]c3c(cccc3s2)O1.[Ir]. The summed E-state index contributed by atoms with van der Waals surface area (Å²) in [6.45, 7) is 0. The van der Waals surface area contributed by atoms with E-state index in [1.807, 2.05) is 73.2 Å². The fraction of sp³-hybridized carbons (Fsp3) is 0. The topological polar surface area (TPSA) is 44.2 Å². The van der Waals surface area contributed by atoms with E-state index in [0.29, 0.717) is 11.6 Å². The van der Waals surface area contributed by atoms with Crippen molar-refractivity contribution in [2.24, 2.45) is 0 Å². The fourth-order valence-corrected chi connectivity index (χ4v) is 4.47. The molecule has 5 aromatic rings. The van der Waals surface area contributed by atoms with E-state index in [2.05, 4.69) is 17.1 Å². The molecular weight excluding hydrogens is 595 g/mol. The molecule has 0 amide bonds. The van der Waals surface area contributed by atoms with Gasteiger partial charge in [0.15, 0.2) is 5.88 Å². The van der Waals surface area contributed by atoms with Crippen LogP contribution in [0.5, 0.6) is 11.6 Å². The molecule has 0 saturated carbocycles. The van der Waals surface area contributed by atoms with Crippen molar-refractivity contribution in [3.8, 4) is 33.5 Å². The van der Waals surface area contributed by atoms with E-state index in [1.54, 1.807) is 17.4 Å². The molecule has 0 spiro atoms. The standard InChI is InChI=1S/C25H13BN2O2S.Ir/c1-5-16-13-17(6-1)20-8-3-12-25(28-20)30-26-29-22-10-4-11-23-19(22)15-24(31-23)21-9-2-7-18(14-16)27-21;/h1-12,14H;/q-2;. The van der Waals surface area contributed by atoms with Gasteiger partial charge in [0.25, 0.3) is 0 Å². The molecule has 32 heavy (non-hydrogen) atoms. The molecule has 155 valence electrons. The van der Waals surface area contributed by atoms with Crippen LogP contribution in [0.4, 0.5) is 0 Å². The van der Waals surface area contributed by atoms with Crippen LogP contribution in [-0.4, -0.2) is 17.7 Å². The van der Waals surface area contributed by atoms with Crippen LogP contribution in [0.3, 0.4) is 0 Å².